The highest BCUT2D eigenvalue weighted by atomic mass is 16.5. The summed E-state index contributed by atoms with van der Waals surface area (Å²) >= 11 is 0. The lowest BCUT2D eigenvalue weighted by Crippen LogP contribution is -2.41. The second-order valence-electron chi connectivity index (χ2n) is 6.59. The molecular weight excluding hydrogens is 302 g/mol. The van der Waals surface area contributed by atoms with E-state index >= 15 is 0 Å². The third kappa shape index (κ3) is 3.53. The quantitative estimate of drug-likeness (QED) is 0.920. The molecule has 1 aliphatic rings. The van der Waals surface area contributed by atoms with E-state index in [0.717, 1.165) is 23.5 Å². The molecular formula is C20H23NO3. The molecule has 0 saturated carbocycles. The number of hydrogen-bond acceptors (Lipinski definition) is 3. The highest BCUT2D eigenvalue weighted by Gasteiger charge is 2.34. The lowest BCUT2D eigenvalue weighted by Gasteiger charge is -2.37. The molecule has 0 spiro atoms. The van der Waals surface area contributed by atoms with Crippen molar-refractivity contribution in [1.29, 1.82) is 0 Å². The van der Waals surface area contributed by atoms with Crippen molar-refractivity contribution in [3.05, 3.63) is 59.7 Å². The van der Waals surface area contributed by atoms with Crippen molar-refractivity contribution in [1.82, 2.24) is 5.32 Å². The van der Waals surface area contributed by atoms with Gasteiger partial charge in [-0.05, 0) is 51.1 Å². The van der Waals surface area contributed by atoms with Crippen LogP contribution in [0.25, 0.3) is 0 Å². The number of benzene rings is 2. The van der Waals surface area contributed by atoms with Crippen LogP contribution in [0.15, 0.2) is 48.5 Å². The molecule has 0 unspecified atom stereocenters. The minimum Gasteiger partial charge on any atom is -0.494 e. The smallest absolute Gasteiger partial charge is 0.251 e. The van der Waals surface area contributed by atoms with E-state index in [9.17, 15) is 4.79 Å². The normalized spacial score (nSPS) is 18.2. The van der Waals surface area contributed by atoms with E-state index in [-0.39, 0.29) is 17.6 Å². The number of carbonyl (C=O) groups is 1. The van der Waals surface area contributed by atoms with Gasteiger partial charge in [0.1, 0.15) is 17.1 Å². The van der Waals surface area contributed by atoms with Gasteiger partial charge in [-0.3, -0.25) is 4.79 Å². The monoisotopic (exact) mass is 325 g/mol. The molecule has 0 saturated heterocycles. The van der Waals surface area contributed by atoms with Crippen LogP contribution in [0.4, 0.5) is 0 Å². The Morgan fingerprint density at radius 2 is 1.92 bits per heavy atom. The number of ether oxygens (including phenoxy) is 2. The van der Waals surface area contributed by atoms with Gasteiger partial charge in [0.05, 0.1) is 12.6 Å². The third-order valence-corrected chi connectivity index (χ3v) is 4.11. The van der Waals surface area contributed by atoms with Gasteiger partial charge in [0.25, 0.3) is 5.91 Å². The minimum atomic E-state index is -0.314. The number of para-hydroxylation sites is 1. The molecule has 2 aromatic rings. The molecule has 1 aliphatic heterocycles. The van der Waals surface area contributed by atoms with Gasteiger partial charge in [-0.15, -0.1) is 0 Å². The van der Waals surface area contributed by atoms with Crippen LogP contribution in [0, 0.1) is 0 Å². The average molecular weight is 325 g/mol. The van der Waals surface area contributed by atoms with E-state index in [1.54, 1.807) is 12.1 Å². The first-order valence-corrected chi connectivity index (χ1v) is 8.30. The first-order chi connectivity index (χ1) is 11.5. The maximum atomic E-state index is 12.6. The predicted molar refractivity (Wildman–Crippen MR) is 93.6 cm³/mol. The Labute approximate surface area is 142 Å². The molecule has 3 rings (SSSR count). The fourth-order valence-electron chi connectivity index (χ4n) is 3.04. The van der Waals surface area contributed by atoms with Crippen molar-refractivity contribution >= 4 is 5.91 Å². The van der Waals surface area contributed by atoms with Crippen molar-refractivity contribution in [2.24, 2.45) is 0 Å². The summed E-state index contributed by atoms with van der Waals surface area (Å²) in [6.07, 6.45) is 0.729. The van der Waals surface area contributed by atoms with Crippen molar-refractivity contribution in [3.8, 4) is 11.5 Å². The predicted octanol–water partition coefficient (Wildman–Crippen LogP) is 4.12. The van der Waals surface area contributed by atoms with Gasteiger partial charge < -0.3 is 14.8 Å². The van der Waals surface area contributed by atoms with E-state index in [1.807, 2.05) is 57.2 Å². The van der Waals surface area contributed by atoms with Gasteiger partial charge in [-0.1, -0.05) is 18.2 Å². The third-order valence-electron chi connectivity index (χ3n) is 4.11. The molecule has 0 bridgehead atoms. The first-order valence-electron chi connectivity index (χ1n) is 8.30. The van der Waals surface area contributed by atoms with Crippen LogP contribution < -0.4 is 14.8 Å². The Kier molecular flexibility index (Phi) is 4.47. The molecule has 2 aromatic carbocycles. The highest BCUT2D eigenvalue weighted by Crippen LogP contribution is 2.39. The lowest BCUT2D eigenvalue weighted by atomic mass is 9.89. The second kappa shape index (κ2) is 6.56. The van der Waals surface area contributed by atoms with Crippen LogP contribution in [0.5, 0.6) is 11.5 Å². The van der Waals surface area contributed by atoms with Crippen LogP contribution in [-0.4, -0.2) is 18.1 Å². The maximum absolute atomic E-state index is 12.6. The van der Waals surface area contributed by atoms with E-state index in [4.69, 9.17) is 9.47 Å². The number of rotatable bonds is 4. The summed E-state index contributed by atoms with van der Waals surface area (Å²) in [6, 6.07) is 15.0. The molecule has 1 atom stereocenters. The van der Waals surface area contributed by atoms with Crippen LogP contribution in [0.2, 0.25) is 0 Å². The number of fused-ring (bicyclic) bond motifs is 1. The van der Waals surface area contributed by atoms with Crippen molar-refractivity contribution in [2.75, 3.05) is 6.61 Å². The molecule has 24 heavy (non-hydrogen) atoms. The average Bonchev–Trinajstić information content (AvgIpc) is 2.54. The van der Waals surface area contributed by atoms with Gasteiger partial charge in [0, 0.05) is 17.5 Å². The van der Waals surface area contributed by atoms with E-state index in [1.165, 1.54) is 0 Å². The molecule has 0 aliphatic carbocycles. The molecule has 0 aromatic heterocycles. The van der Waals surface area contributed by atoms with Gasteiger partial charge >= 0.3 is 0 Å². The van der Waals surface area contributed by atoms with Crippen molar-refractivity contribution in [3.63, 3.8) is 0 Å². The number of nitrogens with one attached hydrogen (secondary N) is 1. The van der Waals surface area contributed by atoms with Crippen LogP contribution in [0.3, 0.4) is 0 Å². The number of amides is 1. The lowest BCUT2D eigenvalue weighted by molar-refractivity contribution is 0.0620. The van der Waals surface area contributed by atoms with Crippen molar-refractivity contribution < 1.29 is 14.3 Å². The fourth-order valence-corrected chi connectivity index (χ4v) is 3.04. The number of hydrogen-bond donors (Lipinski definition) is 1. The Morgan fingerprint density at radius 1 is 1.21 bits per heavy atom. The summed E-state index contributed by atoms with van der Waals surface area (Å²) in [5.41, 5.74) is 1.34. The summed E-state index contributed by atoms with van der Waals surface area (Å²) < 4.78 is 11.4. The number of carbonyl (C=O) groups excluding carboxylic acids is 1. The van der Waals surface area contributed by atoms with Gasteiger partial charge in [-0.25, -0.2) is 0 Å². The zero-order chi connectivity index (χ0) is 17.2. The topological polar surface area (TPSA) is 47.6 Å². The Balaban J connectivity index is 1.78. The second-order valence-corrected chi connectivity index (χ2v) is 6.59. The molecule has 126 valence electrons. The first kappa shape index (κ1) is 16.4. The molecule has 0 fully saturated rings. The Hall–Kier alpha value is -2.49. The summed E-state index contributed by atoms with van der Waals surface area (Å²) in [5.74, 6) is 1.52. The van der Waals surface area contributed by atoms with E-state index in [2.05, 4.69) is 5.32 Å². The zero-order valence-corrected chi connectivity index (χ0v) is 14.3. The fraction of sp³-hybridized carbons (Fsp3) is 0.350. The molecule has 1 amide bonds. The van der Waals surface area contributed by atoms with Gasteiger partial charge in [0.15, 0.2) is 0 Å². The Bertz CT molecular complexity index is 722. The summed E-state index contributed by atoms with van der Waals surface area (Å²) in [5, 5.41) is 3.14. The molecule has 4 heteroatoms. The highest BCUT2D eigenvalue weighted by molar-refractivity contribution is 5.94. The van der Waals surface area contributed by atoms with Crippen LogP contribution in [-0.2, 0) is 0 Å². The van der Waals surface area contributed by atoms with Crippen LogP contribution >= 0.6 is 0 Å². The van der Waals surface area contributed by atoms with Gasteiger partial charge in [0.2, 0.25) is 0 Å². The molecule has 4 nitrogen and oxygen atoms in total. The molecule has 1 N–H and O–H groups in total. The van der Waals surface area contributed by atoms with Crippen molar-refractivity contribution in [2.45, 2.75) is 38.8 Å². The van der Waals surface area contributed by atoms with Gasteiger partial charge in [-0.2, -0.15) is 0 Å². The Morgan fingerprint density at radius 3 is 2.62 bits per heavy atom. The zero-order valence-electron chi connectivity index (χ0n) is 14.3. The summed E-state index contributed by atoms with van der Waals surface area (Å²) in [7, 11) is 0. The van der Waals surface area contributed by atoms with Crippen LogP contribution in [0.1, 0.15) is 49.2 Å². The largest absolute Gasteiger partial charge is 0.494 e. The SMILES string of the molecule is CCOc1ccc(C(=O)N[C@@H]2CC(C)(C)Oc3ccccc32)cc1. The maximum Gasteiger partial charge on any atom is 0.251 e. The van der Waals surface area contributed by atoms with E-state index in [0.29, 0.717) is 12.2 Å². The summed E-state index contributed by atoms with van der Waals surface area (Å²) in [4.78, 5) is 12.6. The molecule has 1 heterocycles. The summed E-state index contributed by atoms with van der Waals surface area (Å²) in [6.45, 7) is 6.63. The standard InChI is InChI=1S/C20H23NO3/c1-4-23-15-11-9-14(10-12-15)19(22)21-17-13-20(2,3)24-18-8-6-5-7-16(17)18/h5-12,17H,4,13H2,1-3H3,(H,21,22)/t17-/m1/s1. The van der Waals surface area contributed by atoms with E-state index < -0.39 is 0 Å². The molecule has 0 radical (unpaired) electrons. The minimum absolute atomic E-state index is 0.0657.